The lowest BCUT2D eigenvalue weighted by molar-refractivity contribution is -0.236. The molecule has 13 heteroatoms. The van der Waals surface area contributed by atoms with Gasteiger partial charge in [-0.2, -0.15) is 0 Å². The average molecular weight is 595 g/mol. The molecule has 0 unspecified atom stereocenters. The summed E-state index contributed by atoms with van der Waals surface area (Å²) in [7, 11) is 2.90. The predicted molar refractivity (Wildman–Crippen MR) is 134 cm³/mol. The smallest absolute Gasteiger partial charge is 0.292 e. The van der Waals surface area contributed by atoms with Crippen LogP contribution in [0.1, 0.15) is 39.0 Å². The zero-order valence-corrected chi connectivity index (χ0v) is 23.6. The van der Waals surface area contributed by atoms with E-state index in [0.29, 0.717) is 23.5 Å². The minimum absolute atomic E-state index is 0.183. The topological polar surface area (TPSA) is 116 Å². The third-order valence-electron chi connectivity index (χ3n) is 7.23. The van der Waals surface area contributed by atoms with Crippen molar-refractivity contribution >= 4 is 27.5 Å². The first-order chi connectivity index (χ1) is 17.9. The summed E-state index contributed by atoms with van der Waals surface area (Å²) in [6, 6.07) is 5.53. The molecule has 0 bridgehead atoms. The van der Waals surface area contributed by atoms with Gasteiger partial charge in [0.05, 0.1) is 25.0 Å². The van der Waals surface area contributed by atoms with Crippen LogP contribution in [-0.2, 0) is 56.8 Å². The Labute approximate surface area is 228 Å². The molecule has 1 amide bonds. The summed E-state index contributed by atoms with van der Waals surface area (Å²) in [6.07, 6.45) is -0.365. The number of halogens is 1. The summed E-state index contributed by atoms with van der Waals surface area (Å²) in [6.45, 7) is 7.97. The molecule has 2 aromatic rings. The first-order valence-corrected chi connectivity index (χ1v) is 13.2. The molecule has 12 nitrogen and oxygen atoms in total. The molecule has 0 spiro atoms. The second kappa shape index (κ2) is 9.03. The van der Waals surface area contributed by atoms with Crippen molar-refractivity contribution in [2.24, 2.45) is 0 Å². The molecule has 0 radical (unpaired) electrons. The average Bonchev–Trinajstić information content (AvgIpc) is 3.56. The second-order valence-electron chi connectivity index (χ2n) is 10.7. The van der Waals surface area contributed by atoms with E-state index in [1.54, 1.807) is 15.8 Å². The lowest BCUT2D eigenvalue weighted by Crippen LogP contribution is -2.56. The Morgan fingerprint density at radius 1 is 1.00 bits per heavy atom. The second-order valence-corrected chi connectivity index (χ2v) is 11.6. The molecule has 3 fully saturated rings. The fraction of sp³-hybridized carbons (Fsp3) is 0.640. The molecule has 1 aromatic heterocycles. The van der Waals surface area contributed by atoms with Gasteiger partial charge in [-0.05, 0) is 45.9 Å². The van der Waals surface area contributed by atoms with Gasteiger partial charge in [-0.1, -0.05) is 21.1 Å². The molecular weight excluding hydrogens is 564 g/mol. The Bertz CT molecular complexity index is 1250. The van der Waals surface area contributed by atoms with E-state index in [4.69, 9.17) is 33.2 Å². The van der Waals surface area contributed by atoms with Gasteiger partial charge in [0.2, 0.25) is 0 Å². The highest BCUT2D eigenvalue weighted by atomic mass is 79.9. The molecule has 206 valence electrons. The number of carbonyl (C=O) groups excluding carboxylic acids is 1. The molecule has 0 aliphatic carbocycles. The van der Waals surface area contributed by atoms with Gasteiger partial charge in [0, 0.05) is 24.3 Å². The van der Waals surface area contributed by atoms with Crippen LogP contribution < -0.4 is 4.90 Å². The molecule has 1 aromatic carbocycles. The minimum atomic E-state index is -1.53. The van der Waals surface area contributed by atoms with Crippen LogP contribution in [-0.4, -0.2) is 77.4 Å². The molecule has 4 aliphatic rings. The molecule has 0 saturated carbocycles. The molecular formula is C25H31BrN4O8. The molecule has 4 aliphatic heterocycles. The third kappa shape index (κ3) is 4.20. The number of ether oxygens (including phenoxy) is 7. The van der Waals surface area contributed by atoms with Crippen LogP contribution in [0, 0.1) is 0 Å². The zero-order chi connectivity index (χ0) is 27.0. The van der Waals surface area contributed by atoms with Crippen molar-refractivity contribution in [3.63, 3.8) is 0 Å². The summed E-state index contributed by atoms with van der Waals surface area (Å²) in [5.74, 6) is -3.45. The van der Waals surface area contributed by atoms with Gasteiger partial charge >= 0.3 is 0 Å². The monoisotopic (exact) mass is 594 g/mol. The number of methoxy groups -OCH3 is 2. The van der Waals surface area contributed by atoms with E-state index >= 15 is 0 Å². The lowest BCUT2D eigenvalue weighted by atomic mass is 9.99. The number of aromatic nitrogens is 3. The number of hydrogen-bond acceptors (Lipinski definition) is 10. The van der Waals surface area contributed by atoms with Crippen LogP contribution in [0.25, 0.3) is 0 Å². The fourth-order valence-corrected chi connectivity index (χ4v) is 6.09. The van der Waals surface area contributed by atoms with Gasteiger partial charge in [-0.15, -0.1) is 5.10 Å². The standard InChI is InChI=1S/C25H31BrN4O8/c1-23(2)35-18-17(34-21-20(19(18)36-23)37-24(3,4)38-21)12-29-10-14(27-28-29)11-30-16-8-7-13(26)9-15(16)25(32-5,33-6)22(30)31/h7-10,17-21H,11-12H2,1-6H3/t17-,18-,19-,20+,21+/m1/s1. The van der Waals surface area contributed by atoms with E-state index in [2.05, 4.69) is 26.2 Å². The zero-order valence-electron chi connectivity index (χ0n) is 22.0. The van der Waals surface area contributed by atoms with Gasteiger partial charge in [0.25, 0.3) is 11.7 Å². The van der Waals surface area contributed by atoms with E-state index in [-0.39, 0.29) is 24.7 Å². The maximum Gasteiger partial charge on any atom is 0.292 e. The summed E-state index contributed by atoms with van der Waals surface area (Å²) < 4.78 is 44.4. The fourth-order valence-electron chi connectivity index (χ4n) is 5.73. The van der Waals surface area contributed by atoms with Crippen molar-refractivity contribution in [2.75, 3.05) is 19.1 Å². The summed E-state index contributed by atoms with van der Waals surface area (Å²) in [5.41, 5.74) is 1.89. The summed E-state index contributed by atoms with van der Waals surface area (Å²) >= 11 is 3.47. The summed E-state index contributed by atoms with van der Waals surface area (Å²) in [4.78, 5) is 15.0. The van der Waals surface area contributed by atoms with Gasteiger partial charge in [-0.3, -0.25) is 4.79 Å². The Kier molecular flexibility index (Phi) is 6.24. The highest BCUT2D eigenvalue weighted by Crippen LogP contribution is 2.46. The highest BCUT2D eigenvalue weighted by Gasteiger charge is 2.60. The maximum absolute atomic E-state index is 13.5. The van der Waals surface area contributed by atoms with Crippen LogP contribution in [0.3, 0.4) is 0 Å². The van der Waals surface area contributed by atoms with Crippen molar-refractivity contribution in [1.82, 2.24) is 15.0 Å². The Hall–Kier alpha value is -1.97. The number of nitrogens with zero attached hydrogens (tertiary/aromatic N) is 4. The normalized spacial score (nSPS) is 32.3. The van der Waals surface area contributed by atoms with Crippen LogP contribution in [0.2, 0.25) is 0 Å². The molecule has 5 heterocycles. The number of fused-ring (bicyclic) bond motifs is 4. The lowest BCUT2D eigenvalue weighted by Gasteiger charge is -2.37. The molecule has 5 atom stereocenters. The van der Waals surface area contributed by atoms with Crippen molar-refractivity contribution in [3.05, 3.63) is 40.1 Å². The van der Waals surface area contributed by atoms with Crippen LogP contribution in [0.15, 0.2) is 28.9 Å². The number of rotatable bonds is 6. The van der Waals surface area contributed by atoms with Gasteiger partial charge in [0.1, 0.15) is 30.1 Å². The third-order valence-corrected chi connectivity index (χ3v) is 7.72. The van der Waals surface area contributed by atoms with Crippen molar-refractivity contribution < 1.29 is 38.0 Å². The quantitative estimate of drug-likeness (QED) is 0.462. The van der Waals surface area contributed by atoms with Crippen molar-refractivity contribution in [1.29, 1.82) is 0 Å². The van der Waals surface area contributed by atoms with Crippen molar-refractivity contribution in [3.8, 4) is 0 Å². The Morgan fingerprint density at radius 3 is 2.42 bits per heavy atom. The van der Waals surface area contributed by atoms with Gasteiger partial charge < -0.3 is 38.1 Å². The van der Waals surface area contributed by atoms with E-state index in [1.807, 2.05) is 45.9 Å². The highest BCUT2D eigenvalue weighted by molar-refractivity contribution is 9.10. The first kappa shape index (κ1) is 26.3. The number of carbonyl (C=O) groups is 1. The number of hydrogen-bond donors (Lipinski definition) is 0. The molecule has 0 N–H and O–H groups in total. The Morgan fingerprint density at radius 2 is 1.68 bits per heavy atom. The SMILES string of the molecule is COC1(OC)C(=O)N(Cc2cn(C[C@H]3O[C@H]4OC(C)(C)O[C@H]4[C@@H]4OC(C)(C)O[C@@H]43)nn2)c2ccc(Br)cc21. The number of benzene rings is 1. The minimum Gasteiger partial charge on any atom is -0.342 e. The van der Waals surface area contributed by atoms with Crippen LogP contribution >= 0.6 is 15.9 Å². The molecule has 6 rings (SSSR count). The Balaban J connectivity index is 1.22. The van der Waals surface area contributed by atoms with E-state index < -0.39 is 35.9 Å². The molecule has 3 saturated heterocycles. The number of amides is 1. The largest absolute Gasteiger partial charge is 0.342 e. The number of anilines is 1. The first-order valence-electron chi connectivity index (χ1n) is 12.4. The van der Waals surface area contributed by atoms with Gasteiger partial charge in [-0.25, -0.2) is 4.68 Å². The van der Waals surface area contributed by atoms with E-state index in [1.165, 1.54) is 14.2 Å². The maximum atomic E-state index is 13.5. The van der Waals surface area contributed by atoms with E-state index in [9.17, 15) is 4.79 Å². The van der Waals surface area contributed by atoms with Crippen molar-refractivity contribution in [2.45, 2.75) is 88.9 Å². The molecule has 38 heavy (non-hydrogen) atoms. The van der Waals surface area contributed by atoms with Crippen LogP contribution in [0.4, 0.5) is 5.69 Å². The van der Waals surface area contributed by atoms with E-state index in [0.717, 1.165) is 4.47 Å². The summed E-state index contributed by atoms with van der Waals surface area (Å²) in [5, 5.41) is 8.62. The van der Waals surface area contributed by atoms with Gasteiger partial charge in [0.15, 0.2) is 17.9 Å². The predicted octanol–water partition coefficient (Wildman–Crippen LogP) is 2.43. The van der Waals surface area contributed by atoms with Crippen LogP contribution in [0.5, 0.6) is 0 Å².